The van der Waals surface area contributed by atoms with E-state index >= 15 is 0 Å². The minimum absolute atomic E-state index is 0.249. The minimum atomic E-state index is -0.249. The Morgan fingerprint density at radius 2 is 1.94 bits per heavy atom. The first-order valence-corrected chi connectivity index (χ1v) is 6.42. The Kier molecular flexibility index (Phi) is 3.52. The van der Waals surface area contributed by atoms with Gasteiger partial charge >= 0.3 is 0 Å². The lowest BCUT2D eigenvalue weighted by Crippen LogP contribution is -2.11. The van der Waals surface area contributed by atoms with Crippen LogP contribution in [0.4, 0.5) is 0 Å². The number of aryl methyl sites for hydroxylation is 1. The number of rotatable bonds is 2. The quantitative estimate of drug-likeness (QED) is 0.888. The molecule has 0 aliphatic rings. The summed E-state index contributed by atoms with van der Waals surface area (Å²) in [6.07, 6.45) is 1.63. The van der Waals surface area contributed by atoms with Crippen LogP contribution < -0.4 is 5.73 Å². The molecule has 1 aromatic heterocycles. The Bertz CT molecular complexity index is 507. The molecule has 1 unspecified atom stereocenters. The van der Waals surface area contributed by atoms with Crippen LogP contribution in [0.15, 0.2) is 43.9 Å². The molecule has 4 heteroatoms. The van der Waals surface area contributed by atoms with Gasteiger partial charge in [-0.05, 0) is 46.1 Å². The van der Waals surface area contributed by atoms with Crippen molar-refractivity contribution in [2.45, 2.75) is 13.0 Å². The number of benzene rings is 1. The molecule has 2 nitrogen and oxygen atoms in total. The topological polar surface area (TPSA) is 39.2 Å². The fourth-order valence-corrected chi connectivity index (χ4v) is 2.33. The Morgan fingerprint density at radius 3 is 2.50 bits per heavy atom. The Balaban J connectivity index is 2.38. The summed E-state index contributed by atoms with van der Waals surface area (Å²) in [5.41, 5.74) is 8.35. The first-order chi connectivity index (χ1) is 7.59. The molecular formula is C12H11Br2NO. The van der Waals surface area contributed by atoms with E-state index in [1.807, 2.05) is 31.2 Å². The summed E-state index contributed by atoms with van der Waals surface area (Å²) >= 11 is 6.91. The molecule has 16 heavy (non-hydrogen) atoms. The lowest BCUT2D eigenvalue weighted by atomic mass is 10.0. The maximum Gasteiger partial charge on any atom is 0.139 e. The molecule has 1 atom stereocenters. The third kappa shape index (κ3) is 2.24. The van der Waals surface area contributed by atoms with Crippen LogP contribution in [0.2, 0.25) is 0 Å². The number of halogens is 2. The van der Waals surface area contributed by atoms with Crippen LogP contribution in [-0.2, 0) is 0 Å². The van der Waals surface area contributed by atoms with Crippen LogP contribution in [0.25, 0.3) is 0 Å². The van der Waals surface area contributed by atoms with Crippen LogP contribution in [-0.4, -0.2) is 0 Å². The molecule has 0 fully saturated rings. The molecule has 1 heterocycles. The average Bonchev–Trinajstić information content (AvgIpc) is 2.67. The van der Waals surface area contributed by atoms with Crippen LogP contribution in [0.5, 0.6) is 0 Å². The molecule has 0 radical (unpaired) electrons. The fourth-order valence-electron chi connectivity index (χ4n) is 1.48. The van der Waals surface area contributed by atoms with Gasteiger partial charge in [0.2, 0.25) is 0 Å². The molecule has 0 amide bonds. The maximum absolute atomic E-state index is 6.14. The van der Waals surface area contributed by atoms with Gasteiger partial charge in [-0.25, -0.2) is 0 Å². The van der Waals surface area contributed by atoms with E-state index in [-0.39, 0.29) is 6.04 Å². The van der Waals surface area contributed by atoms with Crippen molar-refractivity contribution in [2.24, 2.45) is 5.73 Å². The number of hydrogen-bond donors (Lipinski definition) is 1. The Labute approximate surface area is 111 Å². The van der Waals surface area contributed by atoms with Crippen molar-refractivity contribution in [2.75, 3.05) is 0 Å². The molecule has 2 N–H and O–H groups in total. The van der Waals surface area contributed by atoms with Crippen molar-refractivity contribution in [3.8, 4) is 0 Å². The number of nitrogens with two attached hydrogens (primary N) is 1. The zero-order valence-electron chi connectivity index (χ0n) is 8.71. The second-order valence-electron chi connectivity index (χ2n) is 3.62. The molecule has 0 aliphatic heterocycles. The summed E-state index contributed by atoms with van der Waals surface area (Å²) in [6.45, 7) is 2.04. The number of hydrogen-bond acceptors (Lipinski definition) is 2. The molecule has 84 valence electrons. The van der Waals surface area contributed by atoms with Crippen LogP contribution in [0, 0.1) is 6.92 Å². The maximum atomic E-state index is 6.14. The monoisotopic (exact) mass is 343 g/mol. The van der Waals surface area contributed by atoms with E-state index in [2.05, 4.69) is 31.9 Å². The van der Waals surface area contributed by atoms with Crippen LogP contribution in [0.3, 0.4) is 0 Å². The zero-order chi connectivity index (χ0) is 11.7. The van der Waals surface area contributed by atoms with E-state index in [1.165, 1.54) is 5.56 Å². The predicted octanol–water partition coefficient (Wildman–Crippen LogP) is 4.16. The van der Waals surface area contributed by atoms with Gasteiger partial charge in [-0.3, -0.25) is 0 Å². The molecule has 2 aromatic rings. The summed E-state index contributed by atoms with van der Waals surface area (Å²) in [6, 6.07) is 7.67. The molecule has 0 saturated heterocycles. The van der Waals surface area contributed by atoms with Crippen molar-refractivity contribution < 1.29 is 4.42 Å². The van der Waals surface area contributed by atoms with Gasteiger partial charge in [0.15, 0.2) is 0 Å². The van der Waals surface area contributed by atoms with E-state index in [9.17, 15) is 0 Å². The highest BCUT2D eigenvalue weighted by atomic mass is 79.9. The van der Waals surface area contributed by atoms with Gasteiger partial charge in [-0.2, -0.15) is 0 Å². The van der Waals surface area contributed by atoms with Gasteiger partial charge < -0.3 is 10.2 Å². The van der Waals surface area contributed by atoms with Gasteiger partial charge in [0.25, 0.3) is 0 Å². The van der Waals surface area contributed by atoms with E-state index in [0.717, 1.165) is 20.3 Å². The summed E-state index contributed by atoms with van der Waals surface area (Å²) in [5.74, 6) is 0.746. The predicted molar refractivity (Wildman–Crippen MR) is 71.3 cm³/mol. The molecule has 1 aromatic carbocycles. The van der Waals surface area contributed by atoms with Gasteiger partial charge in [0.05, 0.1) is 16.8 Å². The zero-order valence-corrected chi connectivity index (χ0v) is 11.9. The Hall–Kier alpha value is -0.580. The van der Waals surface area contributed by atoms with E-state index in [0.29, 0.717) is 0 Å². The molecule has 0 saturated carbocycles. The van der Waals surface area contributed by atoms with Gasteiger partial charge in [-0.15, -0.1) is 0 Å². The first kappa shape index (κ1) is 11.9. The lowest BCUT2D eigenvalue weighted by Gasteiger charge is -2.11. The highest BCUT2D eigenvalue weighted by Crippen LogP contribution is 2.29. The second-order valence-corrected chi connectivity index (χ2v) is 5.33. The van der Waals surface area contributed by atoms with Crippen molar-refractivity contribution in [1.82, 2.24) is 0 Å². The van der Waals surface area contributed by atoms with Gasteiger partial charge in [0.1, 0.15) is 5.76 Å². The Morgan fingerprint density at radius 1 is 1.19 bits per heavy atom. The van der Waals surface area contributed by atoms with Crippen LogP contribution >= 0.6 is 31.9 Å². The van der Waals surface area contributed by atoms with Gasteiger partial charge in [0, 0.05) is 4.47 Å². The standard InChI is InChI=1S/C12H11Br2NO/c1-7-2-3-8(6-10(7)14)11(15)12-9(13)4-5-16-12/h2-6,11H,15H2,1H3. The molecular weight excluding hydrogens is 334 g/mol. The normalized spacial score (nSPS) is 12.8. The minimum Gasteiger partial charge on any atom is -0.466 e. The summed E-state index contributed by atoms with van der Waals surface area (Å²) in [5, 5.41) is 0. The van der Waals surface area contributed by atoms with Gasteiger partial charge in [-0.1, -0.05) is 28.1 Å². The van der Waals surface area contributed by atoms with Crippen molar-refractivity contribution in [1.29, 1.82) is 0 Å². The summed E-state index contributed by atoms with van der Waals surface area (Å²) < 4.78 is 7.32. The van der Waals surface area contributed by atoms with Crippen LogP contribution in [0.1, 0.15) is 22.9 Å². The van der Waals surface area contributed by atoms with Crippen molar-refractivity contribution in [3.63, 3.8) is 0 Å². The summed E-state index contributed by atoms with van der Waals surface area (Å²) in [4.78, 5) is 0. The largest absolute Gasteiger partial charge is 0.466 e. The highest BCUT2D eigenvalue weighted by Gasteiger charge is 2.16. The molecule has 0 aliphatic carbocycles. The first-order valence-electron chi connectivity index (χ1n) is 4.84. The molecule has 0 spiro atoms. The SMILES string of the molecule is Cc1ccc(C(N)c2occc2Br)cc1Br. The van der Waals surface area contributed by atoms with E-state index in [1.54, 1.807) is 6.26 Å². The van der Waals surface area contributed by atoms with E-state index < -0.39 is 0 Å². The third-order valence-corrected chi connectivity index (χ3v) is 3.99. The molecule has 0 bridgehead atoms. The fraction of sp³-hybridized carbons (Fsp3) is 0.167. The summed E-state index contributed by atoms with van der Waals surface area (Å²) in [7, 11) is 0. The number of furan rings is 1. The average molecular weight is 345 g/mol. The lowest BCUT2D eigenvalue weighted by molar-refractivity contribution is 0.487. The van der Waals surface area contributed by atoms with Crippen molar-refractivity contribution >= 4 is 31.9 Å². The second kappa shape index (κ2) is 4.73. The molecule has 2 rings (SSSR count). The highest BCUT2D eigenvalue weighted by molar-refractivity contribution is 9.10. The van der Waals surface area contributed by atoms with E-state index in [4.69, 9.17) is 10.2 Å². The third-order valence-electron chi connectivity index (χ3n) is 2.48. The van der Waals surface area contributed by atoms with Crippen molar-refractivity contribution in [3.05, 3.63) is 56.4 Å². The smallest absolute Gasteiger partial charge is 0.139 e.